The van der Waals surface area contributed by atoms with Gasteiger partial charge in [-0.1, -0.05) is 116 Å². The number of benzene rings is 1. The van der Waals surface area contributed by atoms with Crippen molar-refractivity contribution in [1.29, 1.82) is 0 Å². The van der Waals surface area contributed by atoms with Gasteiger partial charge in [-0.3, -0.25) is 0 Å². The number of aromatic nitrogens is 2. The molecule has 0 aliphatic heterocycles. The molecule has 0 aliphatic rings. The minimum Gasteiger partial charge on any atom is -0.492 e. The first kappa shape index (κ1) is 32.0. The quantitative estimate of drug-likeness (QED) is 0.0828. The standard InChI is InChI=1S/C34H48N2O2S3/c1-3-5-7-9-11-13-15-17-23-37-29-21-25-39-33(29)27-19-20-28(32-31(27)35-41-36-32)34-30(22-26-40-34)38-24-18-16-14-12-10-8-6-4-2/h19-22,25-26H,3-18,23-24H2,1-2H3. The first-order chi connectivity index (χ1) is 20.3. The van der Waals surface area contributed by atoms with Gasteiger partial charge in [-0.05, 0) is 35.7 Å². The van der Waals surface area contributed by atoms with Gasteiger partial charge in [0.15, 0.2) is 0 Å². The Kier molecular flexibility index (Phi) is 14.5. The molecule has 3 aromatic heterocycles. The van der Waals surface area contributed by atoms with Crippen LogP contribution in [-0.4, -0.2) is 22.0 Å². The average Bonchev–Trinajstić information content (AvgIpc) is 3.76. The van der Waals surface area contributed by atoms with E-state index in [9.17, 15) is 0 Å². The molecule has 4 nitrogen and oxygen atoms in total. The number of unbranched alkanes of at least 4 members (excludes halogenated alkanes) is 14. The molecule has 4 aromatic rings. The van der Waals surface area contributed by atoms with E-state index in [4.69, 9.17) is 18.2 Å². The van der Waals surface area contributed by atoms with Crippen LogP contribution in [0.25, 0.3) is 31.9 Å². The van der Waals surface area contributed by atoms with Crippen molar-refractivity contribution in [1.82, 2.24) is 8.75 Å². The summed E-state index contributed by atoms with van der Waals surface area (Å²) in [6, 6.07) is 8.58. The molecule has 0 radical (unpaired) electrons. The molecule has 0 amide bonds. The Balaban J connectivity index is 1.31. The molecule has 0 fully saturated rings. The predicted octanol–water partition coefficient (Wildman–Crippen LogP) is 12.2. The van der Waals surface area contributed by atoms with Gasteiger partial charge in [0.25, 0.3) is 0 Å². The highest BCUT2D eigenvalue weighted by molar-refractivity contribution is 7.14. The van der Waals surface area contributed by atoms with Gasteiger partial charge in [-0.25, -0.2) is 0 Å². The molecule has 3 heterocycles. The fraction of sp³-hybridized carbons (Fsp3) is 0.588. The van der Waals surface area contributed by atoms with Gasteiger partial charge in [0, 0.05) is 11.1 Å². The number of fused-ring (bicyclic) bond motifs is 1. The van der Waals surface area contributed by atoms with E-state index >= 15 is 0 Å². The Morgan fingerprint density at radius 1 is 0.512 bits per heavy atom. The summed E-state index contributed by atoms with van der Waals surface area (Å²) in [6.07, 6.45) is 20.9. The highest BCUT2D eigenvalue weighted by Crippen LogP contribution is 2.44. The van der Waals surface area contributed by atoms with E-state index in [1.807, 2.05) is 0 Å². The molecule has 0 bridgehead atoms. The lowest BCUT2D eigenvalue weighted by molar-refractivity contribution is 0.306. The van der Waals surface area contributed by atoms with Crippen LogP contribution in [0.5, 0.6) is 11.5 Å². The van der Waals surface area contributed by atoms with E-state index in [0.717, 1.165) is 69.5 Å². The number of nitrogens with zero attached hydrogens (tertiary/aromatic N) is 2. The lowest BCUT2D eigenvalue weighted by atomic mass is 10.1. The molecule has 0 spiro atoms. The Labute approximate surface area is 259 Å². The van der Waals surface area contributed by atoms with Crippen LogP contribution in [0, 0.1) is 0 Å². The Hall–Kier alpha value is -1.96. The fourth-order valence-electron chi connectivity index (χ4n) is 5.28. The van der Waals surface area contributed by atoms with Crippen molar-refractivity contribution in [3.63, 3.8) is 0 Å². The second-order valence-corrected chi connectivity index (χ2v) is 13.4. The molecular formula is C34H48N2O2S3. The van der Waals surface area contributed by atoms with Crippen LogP contribution >= 0.6 is 34.4 Å². The Bertz CT molecular complexity index is 1170. The predicted molar refractivity (Wildman–Crippen MR) is 180 cm³/mol. The molecule has 0 saturated heterocycles. The summed E-state index contributed by atoms with van der Waals surface area (Å²) in [5, 5.41) is 4.24. The summed E-state index contributed by atoms with van der Waals surface area (Å²) < 4.78 is 22.0. The van der Waals surface area contributed by atoms with Crippen LogP contribution < -0.4 is 9.47 Å². The summed E-state index contributed by atoms with van der Waals surface area (Å²) in [4.78, 5) is 2.29. The minimum atomic E-state index is 0.768. The second-order valence-electron chi connectivity index (χ2n) is 11.0. The lowest BCUT2D eigenvalue weighted by Crippen LogP contribution is -1.98. The monoisotopic (exact) mass is 612 g/mol. The number of ether oxygens (including phenoxy) is 2. The van der Waals surface area contributed by atoms with Gasteiger partial charge < -0.3 is 9.47 Å². The van der Waals surface area contributed by atoms with Crippen molar-refractivity contribution in [2.45, 2.75) is 117 Å². The molecule has 0 atom stereocenters. The fourth-order valence-corrected chi connectivity index (χ4v) is 7.58. The number of hydrogen-bond donors (Lipinski definition) is 0. The molecule has 0 aliphatic carbocycles. The smallest absolute Gasteiger partial charge is 0.137 e. The van der Waals surface area contributed by atoms with Crippen LogP contribution in [0.3, 0.4) is 0 Å². The van der Waals surface area contributed by atoms with Crippen LogP contribution in [0.2, 0.25) is 0 Å². The zero-order valence-electron chi connectivity index (χ0n) is 25.1. The van der Waals surface area contributed by atoms with Crippen molar-refractivity contribution in [2.24, 2.45) is 0 Å². The number of hydrogen-bond acceptors (Lipinski definition) is 7. The van der Waals surface area contributed by atoms with E-state index in [1.54, 1.807) is 22.7 Å². The number of thiophene rings is 2. The highest BCUT2D eigenvalue weighted by Gasteiger charge is 2.20. The van der Waals surface area contributed by atoms with Gasteiger partial charge in [0.1, 0.15) is 22.5 Å². The minimum absolute atomic E-state index is 0.768. The van der Waals surface area contributed by atoms with Gasteiger partial charge in [-0.15, -0.1) is 22.7 Å². The third-order valence-electron chi connectivity index (χ3n) is 7.67. The highest BCUT2D eigenvalue weighted by atomic mass is 32.1. The third kappa shape index (κ3) is 9.79. The summed E-state index contributed by atoms with van der Waals surface area (Å²) in [7, 11) is 0. The van der Waals surface area contributed by atoms with E-state index in [2.05, 4.69) is 48.9 Å². The normalized spacial score (nSPS) is 11.5. The molecule has 0 unspecified atom stereocenters. The average molecular weight is 613 g/mol. The van der Waals surface area contributed by atoms with Crippen molar-refractivity contribution >= 4 is 45.4 Å². The van der Waals surface area contributed by atoms with E-state index in [0.29, 0.717) is 0 Å². The molecule has 4 rings (SSSR count). The van der Waals surface area contributed by atoms with Gasteiger partial charge in [-0.2, -0.15) is 8.75 Å². The SMILES string of the molecule is CCCCCCCCCCOc1ccsc1-c1ccc(-c2sccc2OCCCCCCCCCC)c2nsnc12. The molecule has 0 saturated carbocycles. The van der Waals surface area contributed by atoms with E-state index in [1.165, 1.54) is 102 Å². The van der Waals surface area contributed by atoms with Crippen LogP contribution in [0.1, 0.15) is 117 Å². The lowest BCUT2D eigenvalue weighted by Gasteiger charge is -2.10. The molecule has 0 N–H and O–H groups in total. The van der Waals surface area contributed by atoms with Crippen molar-refractivity contribution in [3.8, 4) is 32.4 Å². The second kappa shape index (κ2) is 18.6. The van der Waals surface area contributed by atoms with Crippen molar-refractivity contribution in [3.05, 3.63) is 35.0 Å². The maximum Gasteiger partial charge on any atom is 0.137 e. The van der Waals surface area contributed by atoms with Gasteiger partial charge in [0.2, 0.25) is 0 Å². The summed E-state index contributed by atoms with van der Waals surface area (Å²) in [5.74, 6) is 1.93. The topological polar surface area (TPSA) is 44.2 Å². The molecular weight excluding hydrogens is 565 g/mol. The molecule has 224 valence electrons. The zero-order valence-corrected chi connectivity index (χ0v) is 27.6. The largest absolute Gasteiger partial charge is 0.492 e. The van der Waals surface area contributed by atoms with Gasteiger partial charge >= 0.3 is 0 Å². The van der Waals surface area contributed by atoms with E-state index in [-0.39, 0.29) is 0 Å². The zero-order chi connectivity index (χ0) is 28.5. The summed E-state index contributed by atoms with van der Waals surface area (Å²) >= 11 is 4.72. The summed E-state index contributed by atoms with van der Waals surface area (Å²) in [6.45, 7) is 6.08. The van der Waals surface area contributed by atoms with Crippen molar-refractivity contribution < 1.29 is 9.47 Å². The van der Waals surface area contributed by atoms with Gasteiger partial charge in [0.05, 0.1) is 34.7 Å². The third-order valence-corrected chi connectivity index (χ3v) is 10.1. The molecule has 41 heavy (non-hydrogen) atoms. The van der Waals surface area contributed by atoms with Crippen LogP contribution in [0.15, 0.2) is 35.0 Å². The maximum absolute atomic E-state index is 6.27. The first-order valence-corrected chi connectivity index (χ1v) is 18.5. The maximum atomic E-state index is 6.27. The Morgan fingerprint density at radius 2 is 0.902 bits per heavy atom. The van der Waals surface area contributed by atoms with E-state index < -0.39 is 0 Å². The van der Waals surface area contributed by atoms with Crippen molar-refractivity contribution in [2.75, 3.05) is 13.2 Å². The molecule has 1 aromatic carbocycles. The Morgan fingerprint density at radius 3 is 1.32 bits per heavy atom. The van der Waals surface area contributed by atoms with Crippen LogP contribution in [-0.2, 0) is 0 Å². The first-order valence-electron chi connectivity index (χ1n) is 16.0. The van der Waals surface area contributed by atoms with Crippen LogP contribution in [0.4, 0.5) is 0 Å². The number of rotatable bonds is 22. The molecule has 7 heteroatoms. The summed E-state index contributed by atoms with van der Waals surface area (Å²) in [5.41, 5.74) is 4.12.